The van der Waals surface area contributed by atoms with Crippen LogP contribution in [0, 0.1) is 11.3 Å². The van der Waals surface area contributed by atoms with E-state index in [-0.39, 0.29) is 11.2 Å². The van der Waals surface area contributed by atoms with E-state index in [0.29, 0.717) is 6.42 Å². The Hall–Kier alpha value is -0.860. The number of hydrogen-bond acceptors (Lipinski definition) is 2. The number of primary amides is 1. The van der Waals surface area contributed by atoms with Gasteiger partial charge in [0.1, 0.15) is 0 Å². The maximum absolute atomic E-state index is 12.0. The van der Waals surface area contributed by atoms with Gasteiger partial charge in [-0.25, -0.2) is 0 Å². The lowest BCUT2D eigenvalue weighted by molar-refractivity contribution is -0.136. The highest BCUT2D eigenvalue weighted by Crippen LogP contribution is 2.48. The van der Waals surface area contributed by atoms with Gasteiger partial charge >= 0.3 is 0 Å². The van der Waals surface area contributed by atoms with Crippen LogP contribution in [0.4, 0.5) is 0 Å². The first kappa shape index (κ1) is 9.69. The molecule has 0 aromatic rings. The molecule has 2 fully saturated rings. The van der Waals surface area contributed by atoms with Gasteiger partial charge in [-0.05, 0) is 25.7 Å². The summed E-state index contributed by atoms with van der Waals surface area (Å²) in [7, 11) is 0. The smallest absolute Gasteiger partial charge is 0.228 e. The molecule has 1 atom stereocenters. The molecule has 2 N–H and O–H groups in total. The number of ketones is 1. The molecule has 0 aromatic heterocycles. The maximum atomic E-state index is 12.0. The minimum atomic E-state index is -0.479. The van der Waals surface area contributed by atoms with Crippen molar-refractivity contribution in [3.05, 3.63) is 0 Å². The van der Waals surface area contributed by atoms with Crippen molar-refractivity contribution in [1.29, 1.82) is 0 Å². The van der Waals surface area contributed by atoms with E-state index in [2.05, 4.69) is 0 Å². The average molecular weight is 195 g/mol. The van der Waals surface area contributed by atoms with Crippen molar-refractivity contribution < 1.29 is 9.59 Å². The molecule has 2 saturated carbocycles. The summed E-state index contributed by atoms with van der Waals surface area (Å²) in [4.78, 5) is 23.1. The predicted molar refractivity (Wildman–Crippen MR) is 52.4 cm³/mol. The molecule has 14 heavy (non-hydrogen) atoms. The third-order valence-electron chi connectivity index (χ3n) is 3.90. The van der Waals surface area contributed by atoms with Crippen molar-refractivity contribution in [3.63, 3.8) is 0 Å². The van der Waals surface area contributed by atoms with Gasteiger partial charge in [0.25, 0.3) is 0 Å². The summed E-state index contributed by atoms with van der Waals surface area (Å²) in [5.74, 6) is -0.754. The van der Waals surface area contributed by atoms with Crippen molar-refractivity contribution in [2.24, 2.45) is 17.1 Å². The third-order valence-corrected chi connectivity index (χ3v) is 3.90. The van der Waals surface area contributed by atoms with Gasteiger partial charge in [-0.1, -0.05) is 19.3 Å². The summed E-state index contributed by atoms with van der Waals surface area (Å²) in [6, 6.07) is 0. The van der Waals surface area contributed by atoms with Crippen LogP contribution in [0.2, 0.25) is 0 Å². The van der Waals surface area contributed by atoms with Crippen molar-refractivity contribution in [2.75, 3.05) is 0 Å². The van der Waals surface area contributed by atoms with Crippen LogP contribution in [0.5, 0.6) is 0 Å². The zero-order valence-electron chi connectivity index (χ0n) is 8.42. The van der Waals surface area contributed by atoms with Crippen LogP contribution in [-0.2, 0) is 9.59 Å². The molecule has 1 spiro atoms. The summed E-state index contributed by atoms with van der Waals surface area (Å²) in [5, 5.41) is 0. The predicted octanol–water partition coefficient (Wildman–Crippen LogP) is 1.40. The molecule has 0 heterocycles. The zero-order valence-corrected chi connectivity index (χ0v) is 8.42. The van der Waals surface area contributed by atoms with Gasteiger partial charge in [0.2, 0.25) is 5.91 Å². The molecule has 2 aliphatic rings. The first-order valence-corrected chi connectivity index (χ1v) is 5.49. The summed E-state index contributed by atoms with van der Waals surface area (Å²) >= 11 is 0. The van der Waals surface area contributed by atoms with E-state index in [1.54, 1.807) is 0 Å². The van der Waals surface area contributed by atoms with Crippen molar-refractivity contribution in [2.45, 2.75) is 44.9 Å². The lowest BCUT2D eigenvalue weighted by atomic mass is 9.71. The lowest BCUT2D eigenvalue weighted by Crippen LogP contribution is -2.35. The number of rotatable bonds is 1. The summed E-state index contributed by atoms with van der Waals surface area (Å²) < 4.78 is 0. The minimum absolute atomic E-state index is 0.143. The first-order valence-electron chi connectivity index (χ1n) is 5.49. The molecule has 2 aliphatic carbocycles. The van der Waals surface area contributed by atoms with Gasteiger partial charge in [-0.3, -0.25) is 9.59 Å². The largest absolute Gasteiger partial charge is 0.369 e. The fourth-order valence-corrected chi connectivity index (χ4v) is 3.04. The summed E-state index contributed by atoms with van der Waals surface area (Å²) in [6.07, 6.45) is 7.05. The van der Waals surface area contributed by atoms with Gasteiger partial charge < -0.3 is 5.73 Å². The van der Waals surface area contributed by atoms with Gasteiger partial charge in [0, 0.05) is 5.41 Å². The molecule has 2 rings (SSSR count). The Morgan fingerprint density at radius 2 is 1.86 bits per heavy atom. The Morgan fingerprint density at radius 3 is 2.36 bits per heavy atom. The quantitative estimate of drug-likeness (QED) is 0.643. The van der Waals surface area contributed by atoms with E-state index in [0.717, 1.165) is 32.1 Å². The first-order chi connectivity index (χ1) is 6.66. The van der Waals surface area contributed by atoms with E-state index in [1.807, 2.05) is 0 Å². The number of hydrogen-bond donors (Lipinski definition) is 1. The van der Waals surface area contributed by atoms with Gasteiger partial charge in [0.15, 0.2) is 5.78 Å². The van der Waals surface area contributed by atoms with E-state index in [1.165, 1.54) is 6.42 Å². The van der Waals surface area contributed by atoms with E-state index in [4.69, 9.17) is 5.73 Å². The zero-order chi connectivity index (χ0) is 10.2. The van der Waals surface area contributed by atoms with Crippen molar-refractivity contribution in [1.82, 2.24) is 0 Å². The average Bonchev–Trinajstić information content (AvgIpc) is 2.46. The van der Waals surface area contributed by atoms with Gasteiger partial charge in [-0.2, -0.15) is 0 Å². The Morgan fingerprint density at radius 1 is 1.21 bits per heavy atom. The highest BCUT2D eigenvalue weighted by Gasteiger charge is 2.49. The highest BCUT2D eigenvalue weighted by atomic mass is 16.2. The number of amides is 1. The van der Waals surface area contributed by atoms with Crippen LogP contribution in [0.25, 0.3) is 0 Å². The molecule has 78 valence electrons. The second kappa shape index (κ2) is 3.37. The molecule has 0 aliphatic heterocycles. The number of carbonyl (C=O) groups is 2. The second-order valence-electron chi connectivity index (χ2n) is 4.70. The molecule has 3 heteroatoms. The Labute approximate surface area is 84.0 Å². The van der Waals surface area contributed by atoms with Crippen molar-refractivity contribution >= 4 is 11.7 Å². The molecular weight excluding hydrogens is 178 g/mol. The third kappa shape index (κ3) is 1.35. The molecule has 1 unspecified atom stereocenters. The summed E-state index contributed by atoms with van der Waals surface area (Å²) in [5.41, 5.74) is 5.06. The van der Waals surface area contributed by atoms with Crippen LogP contribution >= 0.6 is 0 Å². The van der Waals surface area contributed by atoms with Gasteiger partial charge in [-0.15, -0.1) is 0 Å². The Bertz CT molecular complexity index is 266. The SMILES string of the molecule is NC(=O)C1CCC2(CCCCC2)C1=O. The van der Waals surface area contributed by atoms with Crippen molar-refractivity contribution in [3.8, 4) is 0 Å². The minimum Gasteiger partial charge on any atom is -0.369 e. The number of nitrogens with two attached hydrogens (primary N) is 1. The number of Topliss-reactive ketones (excluding diaryl/α,β-unsaturated/α-hetero) is 1. The Kier molecular flexibility index (Phi) is 2.33. The number of carbonyl (C=O) groups excluding carboxylic acids is 2. The second-order valence-corrected chi connectivity index (χ2v) is 4.70. The Balaban J connectivity index is 2.15. The standard InChI is InChI=1S/C11H17NO2/c12-10(14)8-4-7-11(9(8)13)5-2-1-3-6-11/h8H,1-7H2,(H2,12,14). The lowest BCUT2D eigenvalue weighted by Gasteiger charge is -2.31. The highest BCUT2D eigenvalue weighted by molar-refractivity contribution is 6.05. The molecule has 3 nitrogen and oxygen atoms in total. The monoisotopic (exact) mass is 195 g/mol. The molecule has 0 saturated heterocycles. The fourth-order valence-electron chi connectivity index (χ4n) is 3.04. The normalized spacial score (nSPS) is 30.9. The fraction of sp³-hybridized carbons (Fsp3) is 0.818. The topological polar surface area (TPSA) is 60.2 Å². The van der Waals surface area contributed by atoms with Crippen LogP contribution in [0.3, 0.4) is 0 Å². The van der Waals surface area contributed by atoms with Crippen LogP contribution in [0.1, 0.15) is 44.9 Å². The van der Waals surface area contributed by atoms with Gasteiger partial charge in [0.05, 0.1) is 5.92 Å². The van der Waals surface area contributed by atoms with E-state index in [9.17, 15) is 9.59 Å². The molecule has 1 amide bonds. The summed E-state index contributed by atoms with van der Waals surface area (Å²) in [6.45, 7) is 0. The molecule has 0 aromatic carbocycles. The van der Waals surface area contributed by atoms with Crippen LogP contribution < -0.4 is 5.73 Å². The van der Waals surface area contributed by atoms with Crippen LogP contribution in [0.15, 0.2) is 0 Å². The van der Waals surface area contributed by atoms with E-state index < -0.39 is 11.8 Å². The van der Waals surface area contributed by atoms with Crippen LogP contribution in [-0.4, -0.2) is 11.7 Å². The molecule has 0 bridgehead atoms. The maximum Gasteiger partial charge on any atom is 0.228 e. The molecule has 0 radical (unpaired) electrons. The van der Waals surface area contributed by atoms with E-state index >= 15 is 0 Å². The molecular formula is C11H17NO2.